The monoisotopic (exact) mass is 136 g/mol. The number of amidine groups is 1. The highest BCUT2D eigenvalue weighted by Gasteiger charge is 1.98. The third kappa shape index (κ3) is 1.25. The smallest absolute Gasteiger partial charge is 0.270 e. The molecule has 10 heavy (non-hydrogen) atoms. The fourth-order valence-electron chi connectivity index (χ4n) is 0.718. The first-order valence-electron chi connectivity index (χ1n) is 2.94. The number of anilines is 1. The molecule has 6 N–H and O–H groups in total. The molecule has 0 radical (unpaired) electrons. The van der Waals surface area contributed by atoms with Gasteiger partial charge in [0.25, 0.3) is 5.84 Å². The van der Waals surface area contributed by atoms with E-state index >= 15 is 0 Å². The molecule has 0 bridgehead atoms. The van der Waals surface area contributed by atoms with Crippen LogP contribution in [0.1, 0.15) is 5.56 Å². The van der Waals surface area contributed by atoms with Crippen molar-refractivity contribution in [3.8, 4) is 0 Å². The second kappa shape index (κ2) is 2.39. The second-order valence-corrected chi connectivity index (χ2v) is 2.08. The predicted octanol–water partition coefficient (Wildman–Crippen LogP) is -1.27. The molecule has 0 saturated carbocycles. The van der Waals surface area contributed by atoms with Gasteiger partial charge in [-0.3, -0.25) is 11.1 Å². The van der Waals surface area contributed by atoms with Gasteiger partial charge >= 0.3 is 0 Å². The van der Waals surface area contributed by atoms with Crippen LogP contribution in [0.15, 0.2) is 24.3 Å². The molecular weight excluding hydrogens is 126 g/mol. The maximum Gasteiger partial charge on any atom is 0.270 e. The third-order valence-corrected chi connectivity index (χ3v) is 1.22. The van der Waals surface area contributed by atoms with Crippen molar-refractivity contribution in [2.24, 2.45) is 5.73 Å². The average molecular weight is 136 g/mol. The maximum atomic E-state index is 5.47. The Bertz CT molecular complexity index is 255. The fourth-order valence-corrected chi connectivity index (χ4v) is 0.718. The molecule has 0 saturated heterocycles. The van der Waals surface area contributed by atoms with Gasteiger partial charge in [-0.1, -0.05) is 6.07 Å². The highest BCUT2D eigenvalue weighted by atomic mass is 14.7. The lowest BCUT2D eigenvalue weighted by Gasteiger charge is -1.93. The molecule has 1 aromatic rings. The van der Waals surface area contributed by atoms with Crippen LogP contribution in [0.3, 0.4) is 0 Å². The van der Waals surface area contributed by atoms with E-state index in [0.717, 1.165) is 5.56 Å². The Morgan fingerprint density at radius 3 is 2.50 bits per heavy atom. The zero-order valence-electron chi connectivity index (χ0n) is 5.54. The molecule has 52 valence electrons. The molecule has 0 aliphatic rings. The molecule has 0 atom stereocenters. The quantitative estimate of drug-likeness (QED) is 0.256. The van der Waals surface area contributed by atoms with Crippen LogP contribution in [0.2, 0.25) is 0 Å². The minimum absolute atomic E-state index is 0.298. The average Bonchev–Trinajstić information content (AvgIpc) is 1.88. The summed E-state index contributed by atoms with van der Waals surface area (Å²) in [6.07, 6.45) is 0. The van der Waals surface area contributed by atoms with Crippen LogP contribution in [0.25, 0.3) is 0 Å². The Balaban J connectivity index is 3.07. The van der Waals surface area contributed by atoms with Gasteiger partial charge in [0, 0.05) is 5.69 Å². The highest BCUT2D eigenvalue weighted by Crippen LogP contribution is 2.03. The molecular formula is C7H10N3+. The first-order valence-corrected chi connectivity index (χ1v) is 2.94. The molecule has 0 fully saturated rings. The van der Waals surface area contributed by atoms with Gasteiger partial charge in [-0.05, 0) is 18.2 Å². The summed E-state index contributed by atoms with van der Waals surface area (Å²) < 4.78 is 0. The summed E-state index contributed by atoms with van der Waals surface area (Å²) in [4.78, 5) is 0. The van der Waals surface area contributed by atoms with Crippen molar-refractivity contribution in [1.82, 2.24) is 0 Å². The lowest BCUT2D eigenvalue weighted by Crippen LogP contribution is -2.46. The van der Waals surface area contributed by atoms with Crippen LogP contribution in [-0.4, -0.2) is 5.84 Å². The molecule has 3 nitrogen and oxygen atoms in total. The van der Waals surface area contributed by atoms with E-state index in [1.165, 1.54) is 0 Å². The van der Waals surface area contributed by atoms with E-state index in [-0.39, 0.29) is 0 Å². The minimum Gasteiger partial charge on any atom is -0.399 e. The van der Waals surface area contributed by atoms with Crippen LogP contribution in [0.4, 0.5) is 5.69 Å². The van der Waals surface area contributed by atoms with E-state index in [4.69, 9.17) is 16.9 Å². The zero-order chi connectivity index (χ0) is 7.56. The van der Waals surface area contributed by atoms with E-state index in [9.17, 15) is 0 Å². The van der Waals surface area contributed by atoms with E-state index < -0.39 is 0 Å². The molecule has 1 aromatic carbocycles. The van der Waals surface area contributed by atoms with E-state index in [2.05, 4.69) is 0 Å². The Hall–Kier alpha value is -1.51. The fraction of sp³-hybridized carbons (Fsp3) is 0. The number of hydrogen-bond acceptors (Lipinski definition) is 1. The Labute approximate surface area is 59.2 Å². The van der Waals surface area contributed by atoms with Crippen molar-refractivity contribution in [3.63, 3.8) is 0 Å². The summed E-state index contributed by atoms with van der Waals surface area (Å²) in [7, 11) is 0. The first-order chi connectivity index (χ1) is 4.70. The summed E-state index contributed by atoms with van der Waals surface area (Å²) in [6, 6.07) is 7.14. The lowest BCUT2D eigenvalue weighted by atomic mass is 10.2. The van der Waals surface area contributed by atoms with E-state index in [1.54, 1.807) is 12.1 Å². The summed E-state index contributed by atoms with van der Waals surface area (Å²) in [5.41, 5.74) is 12.2. The van der Waals surface area contributed by atoms with Gasteiger partial charge in [-0.25, -0.2) is 0 Å². The Morgan fingerprint density at radius 2 is 2.10 bits per heavy atom. The second-order valence-electron chi connectivity index (χ2n) is 2.08. The molecule has 0 aliphatic heterocycles. The molecule has 0 aromatic heterocycles. The van der Waals surface area contributed by atoms with Gasteiger partial charge in [-0.2, -0.15) is 0 Å². The molecule has 0 amide bonds. The first kappa shape index (κ1) is 6.61. The molecule has 0 unspecified atom stereocenters. The standard InChI is InChI=1S/C7H9N3/c8-6-3-1-2-5(4-6)7(9)10/h1-4H,8H2,(H3,9,10)/p+1. The van der Waals surface area contributed by atoms with Crippen molar-refractivity contribution in [1.29, 1.82) is 0 Å². The van der Waals surface area contributed by atoms with Crippen molar-refractivity contribution in [3.05, 3.63) is 29.8 Å². The largest absolute Gasteiger partial charge is 0.399 e. The SMILES string of the molecule is NC(=[NH2+])c1cccc(N)c1. The number of hydrogen-bond donors (Lipinski definition) is 3. The van der Waals surface area contributed by atoms with Gasteiger partial charge in [0.2, 0.25) is 0 Å². The highest BCUT2D eigenvalue weighted by molar-refractivity contribution is 5.93. The van der Waals surface area contributed by atoms with Crippen molar-refractivity contribution < 1.29 is 5.41 Å². The number of rotatable bonds is 1. The van der Waals surface area contributed by atoms with Crippen LogP contribution >= 0.6 is 0 Å². The normalized spacial score (nSPS) is 9.20. The van der Waals surface area contributed by atoms with E-state index in [0.29, 0.717) is 11.5 Å². The van der Waals surface area contributed by atoms with Crippen molar-refractivity contribution >= 4 is 11.5 Å². The van der Waals surface area contributed by atoms with Gasteiger partial charge < -0.3 is 5.73 Å². The Morgan fingerprint density at radius 1 is 1.40 bits per heavy atom. The van der Waals surface area contributed by atoms with Crippen LogP contribution in [0, 0.1) is 0 Å². The lowest BCUT2D eigenvalue weighted by molar-refractivity contribution is -0.114. The van der Waals surface area contributed by atoms with E-state index in [1.807, 2.05) is 12.1 Å². The summed E-state index contributed by atoms with van der Waals surface area (Å²) in [6.45, 7) is 0. The van der Waals surface area contributed by atoms with Crippen molar-refractivity contribution in [2.45, 2.75) is 0 Å². The van der Waals surface area contributed by atoms with Gasteiger partial charge in [0.1, 0.15) is 0 Å². The number of nitrogens with two attached hydrogens (primary N) is 3. The summed E-state index contributed by atoms with van der Waals surface area (Å²) in [5.74, 6) is 0.298. The summed E-state index contributed by atoms with van der Waals surface area (Å²) in [5, 5.41) is 5.32. The van der Waals surface area contributed by atoms with Gasteiger partial charge in [0.15, 0.2) is 0 Å². The van der Waals surface area contributed by atoms with Crippen molar-refractivity contribution in [2.75, 3.05) is 5.73 Å². The van der Waals surface area contributed by atoms with Crippen LogP contribution < -0.4 is 16.9 Å². The number of nitrogen functional groups attached to an aromatic ring is 1. The van der Waals surface area contributed by atoms with Gasteiger partial charge in [0.05, 0.1) is 5.56 Å². The molecule has 3 heteroatoms. The van der Waals surface area contributed by atoms with Crippen LogP contribution in [0.5, 0.6) is 0 Å². The van der Waals surface area contributed by atoms with Gasteiger partial charge in [-0.15, -0.1) is 0 Å². The predicted molar refractivity (Wildman–Crippen MR) is 41.1 cm³/mol. The molecule has 0 heterocycles. The molecule has 0 aliphatic carbocycles. The number of benzene rings is 1. The summed E-state index contributed by atoms with van der Waals surface area (Å²) >= 11 is 0. The Kier molecular flexibility index (Phi) is 1.58. The zero-order valence-corrected chi connectivity index (χ0v) is 5.54. The maximum absolute atomic E-state index is 5.47. The minimum atomic E-state index is 0.298. The topological polar surface area (TPSA) is 77.6 Å². The molecule has 1 rings (SSSR count). The third-order valence-electron chi connectivity index (χ3n) is 1.22. The van der Waals surface area contributed by atoms with Crippen LogP contribution in [-0.2, 0) is 0 Å². The molecule has 0 spiro atoms.